The number of rotatable bonds is 4. The minimum absolute atomic E-state index is 0.0470. The Kier molecular flexibility index (Phi) is 5.04. The van der Waals surface area contributed by atoms with Crippen LogP contribution in [0.15, 0.2) is 35.7 Å². The number of aromatic nitrogens is 1. The highest BCUT2D eigenvalue weighted by Crippen LogP contribution is 2.45. The molecule has 3 aromatic rings. The molecule has 2 aliphatic rings. The van der Waals surface area contributed by atoms with E-state index in [2.05, 4.69) is 22.5 Å². The van der Waals surface area contributed by atoms with Crippen LogP contribution in [0.4, 0.5) is 4.39 Å². The van der Waals surface area contributed by atoms with Gasteiger partial charge in [0.2, 0.25) is 5.91 Å². The number of likely N-dealkylation sites (tertiary alicyclic amines) is 1. The first kappa shape index (κ1) is 19.0. The van der Waals surface area contributed by atoms with Crippen LogP contribution in [-0.4, -0.2) is 35.0 Å². The number of thiophene rings is 1. The summed E-state index contributed by atoms with van der Waals surface area (Å²) in [5, 5.41) is 2.66. The van der Waals surface area contributed by atoms with E-state index in [0.29, 0.717) is 11.1 Å². The maximum Gasteiger partial charge on any atom is 0.274 e. The fourth-order valence-corrected chi connectivity index (χ4v) is 6.53. The molecule has 0 atom stereocenters. The van der Waals surface area contributed by atoms with Crippen LogP contribution in [0.1, 0.15) is 43.4 Å². The number of hydrogen-bond acceptors (Lipinski definition) is 5. The first-order valence-electron chi connectivity index (χ1n) is 10.2. The molecule has 1 saturated carbocycles. The summed E-state index contributed by atoms with van der Waals surface area (Å²) < 4.78 is 20.3. The summed E-state index contributed by atoms with van der Waals surface area (Å²) >= 11 is 3.09. The highest BCUT2D eigenvalue weighted by Gasteiger charge is 2.46. The Bertz CT molecular complexity index is 1000. The highest BCUT2D eigenvalue weighted by molar-refractivity contribution is 7.20. The van der Waals surface area contributed by atoms with Gasteiger partial charge in [-0.05, 0) is 42.5 Å². The Morgan fingerprint density at radius 2 is 2.00 bits per heavy atom. The second kappa shape index (κ2) is 7.69. The molecule has 2 fully saturated rings. The van der Waals surface area contributed by atoms with E-state index in [9.17, 15) is 9.18 Å². The molecule has 3 heterocycles. The molecule has 1 aliphatic carbocycles. The average Bonchev–Trinajstić information content (AvgIpc) is 3.48. The van der Waals surface area contributed by atoms with Crippen molar-refractivity contribution in [2.75, 3.05) is 13.1 Å². The fourth-order valence-electron chi connectivity index (χ4n) is 4.64. The van der Waals surface area contributed by atoms with Crippen molar-refractivity contribution in [3.05, 3.63) is 46.4 Å². The molecule has 7 heteroatoms. The molecule has 1 saturated heterocycles. The largest absolute Gasteiger partial charge is 0.467 e. The predicted molar refractivity (Wildman–Crippen MR) is 114 cm³/mol. The maximum absolute atomic E-state index is 13.5. The summed E-state index contributed by atoms with van der Waals surface area (Å²) in [5.41, 5.74) is 0.456. The molecule has 0 radical (unpaired) electrons. The highest BCUT2D eigenvalue weighted by atomic mass is 32.1. The van der Waals surface area contributed by atoms with Gasteiger partial charge >= 0.3 is 0 Å². The van der Waals surface area contributed by atoms with E-state index in [-0.39, 0.29) is 17.3 Å². The molecule has 0 bridgehead atoms. The van der Waals surface area contributed by atoms with Gasteiger partial charge in [-0.3, -0.25) is 4.79 Å². The zero-order valence-corrected chi connectivity index (χ0v) is 17.7. The number of hydrogen-bond donors (Lipinski definition) is 0. The second-order valence-corrected chi connectivity index (χ2v) is 9.91. The summed E-state index contributed by atoms with van der Waals surface area (Å²) in [6, 6.07) is 8.77. The van der Waals surface area contributed by atoms with E-state index in [1.807, 2.05) is 4.90 Å². The number of benzene rings is 1. The number of carbonyl (C=O) groups excluding carboxylic acids is 1. The van der Waals surface area contributed by atoms with Gasteiger partial charge in [0.15, 0.2) is 0 Å². The molecular weight excluding hydrogens is 407 g/mol. The summed E-state index contributed by atoms with van der Waals surface area (Å²) in [5.74, 6) is 0.0393. The molecule has 0 unspecified atom stereocenters. The first-order chi connectivity index (χ1) is 14.1. The van der Waals surface area contributed by atoms with Gasteiger partial charge in [0.05, 0.1) is 15.6 Å². The molecule has 1 amide bonds. The number of ether oxygens (including phenoxy) is 1. The molecule has 0 N–H and O–H groups in total. The summed E-state index contributed by atoms with van der Waals surface area (Å²) in [4.78, 5) is 21.2. The van der Waals surface area contributed by atoms with Crippen LogP contribution >= 0.6 is 22.7 Å². The topological polar surface area (TPSA) is 42.4 Å². The van der Waals surface area contributed by atoms with E-state index in [1.54, 1.807) is 17.4 Å². The van der Waals surface area contributed by atoms with Gasteiger partial charge in [-0.25, -0.2) is 9.37 Å². The number of piperidine rings is 1. The Morgan fingerprint density at radius 3 is 2.72 bits per heavy atom. The minimum Gasteiger partial charge on any atom is -0.467 e. The molecule has 1 aliphatic heterocycles. The Labute approximate surface area is 177 Å². The first-order valence-corrected chi connectivity index (χ1v) is 11.9. The van der Waals surface area contributed by atoms with Gasteiger partial charge in [-0.2, -0.15) is 0 Å². The zero-order valence-electron chi connectivity index (χ0n) is 16.1. The van der Waals surface area contributed by atoms with E-state index >= 15 is 0 Å². The summed E-state index contributed by atoms with van der Waals surface area (Å²) in [6.45, 7) is 1.44. The lowest BCUT2D eigenvalue weighted by atomic mass is 9.82. The molecule has 152 valence electrons. The number of amides is 1. The lowest BCUT2D eigenvalue weighted by Crippen LogP contribution is -2.49. The third-order valence-electron chi connectivity index (χ3n) is 6.19. The molecular formula is C22H23FN2O2S2. The molecule has 5 rings (SSSR count). The molecule has 2 aromatic heterocycles. The third-order valence-corrected chi connectivity index (χ3v) is 8.17. The Balaban J connectivity index is 1.24. The number of fused-ring (bicyclic) bond motifs is 1. The van der Waals surface area contributed by atoms with Crippen molar-refractivity contribution in [2.24, 2.45) is 0 Å². The number of halogens is 1. The average molecular weight is 431 g/mol. The van der Waals surface area contributed by atoms with Crippen LogP contribution in [0.3, 0.4) is 0 Å². The van der Waals surface area contributed by atoms with Crippen molar-refractivity contribution >= 4 is 38.8 Å². The number of thiazole rings is 1. The smallest absolute Gasteiger partial charge is 0.274 e. The summed E-state index contributed by atoms with van der Waals surface area (Å²) in [6.07, 6.45) is 5.83. The van der Waals surface area contributed by atoms with Crippen molar-refractivity contribution in [1.82, 2.24) is 9.88 Å². The zero-order chi connectivity index (χ0) is 19.8. The third kappa shape index (κ3) is 3.55. The van der Waals surface area contributed by atoms with Gasteiger partial charge in [-0.1, -0.05) is 30.2 Å². The number of nitrogens with zero attached hydrogens (tertiary/aromatic N) is 2. The fraction of sp³-hybridized carbons (Fsp3) is 0.455. The van der Waals surface area contributed by atoms with Crippen LogP contribution in [0.5, 0.6) is 5.19 Å². The second-order valence-electron chi connectivity index (χ2n) is 7.97. The maximum atomic E-state index is 13.5. The van der Waals surface area contributed by atoms with Gasteiger partial charge < -0.3 is 9.64 Å². The molecule has 4 nitrogen and oxygen atoms in total. The van der Waals surface area contributed by atoms with Crippen LogP contribution in [0, 0.1) is 5.82 Å². The van der Waals surface area contributed by atoms with E-state index in [0.717, 1.165) is 61.8 Å². The van der Waals surface area contributed by atoms with Crippen molar-refractivity contribution in [1.29, 1.82) is 0 Å². The normalized spacial score (nSPS) is 19.7. The molecule has 1 aromatic carbocycles. The van der Waals surface area contributed by atoms with Crippen LogP contribution < -0.4 is 4.74 Å². The van der Waals surface area contributed by atoms with E-state index in [4.69, 9.17) is 4.74 Å². The molecule has 0 spiro atoms. The SMILES string of the molecule is O=C(N1CCC(Oc2nc3ccc(F)cc3s2)CC1)C1(c2cccs2)CCCC1. The number of carbonyl (C=O) groups is 1. The monoisotopic (exact) mass is 430 g/mol. The Morgan fingerprint density at radius 1 is 1.21 bits per heavy atom. The van der Waals surface area contributed by atoms with E-state index < -0.39 is 0 Å². The Hall–Kier alpha value is -1.99. The van der Waals surface area contributed by atoms with Crippen molar-refractivity contribution in [3.8, 4) is 5.19 Å². The quantitative estimate of drug-likeness (QED) is 0.558. The van der Waals surface area contributed by atoms with Crippen molar-refractivity contribution in [3.63, 3.8) is 0 Å². The van der Waals surface area contributed by atoms with Gasteiger partial charge in [0.1, 0.15) is 11.9 Å². The van der Waals surface area contributed by atoms with Crippen LogP contribution in [0.2, 0.25) is 0 Å². The van der Waals surface area contributed by atoms with Gasteiger partial charge in [0, 0.05) is 30.8 Å². The van der Waals surface area contributed by atoms with Gasteiger partial charge in [0.25, 0.3) is 5.19 Å². The van der Waals surface area contributed by atoms with Crippen LogP contribution in [0.25, 0.3) is 10.2 Å². The summed E-state index contributed by atoms with van der Waals surface area (Å²) in [7, 11) is 0. The lowest BCUT2D eigenvalue weighted by molar-refractivity contribution is -0.139. The minimum atomic E-state index is -0.307. The lowest BCUT2D eigenvalue weighted by Gasteiger charge is -2.38. The standard InChI is InChI=1S/C22H23FN2O2S2/c23-15-5-6-17-18(14-15)29-21(24-17)27-16-7-11-25(12-8-16)20(26)22(9-1-2-10-22)19-4-3-13-28-19/h3-6,13-14,16H,1-2,7-12H2. The van der Waals surface area contributed by atoms with Crippen LogP contribution in [-0.2, 0) is 10.2 Å². The van der Waals surface area contributed by atoms with Gasteiger partial charge in [-0.15, -0.1) is 11.3 Å². The van der Waals surface area contributed by atoms with E-state index in [1.165, 1.54) is 28.3 Å². The molecule has 29 heavy (non-hydrogen) atoms. The van der Waals surface area contributed by atoms with Crippen molar-refractivity contribution in [2.45, 2.75) is 50.0 Å². The van der Waals surface area contributed by atoms with Crippen molar-refractivity contribution < 1.29 is 13.9 Å². The predicted octanol–water partition coefficient (Wildman–Crippen LogP) is 5.38.